The molecule has 0 saturated carbocycles. The largest absolute Gasteiger partial charge is 0.460 e. The summed E-state index contributed by atoms with van der Waals surface area (Å²) in [6.45, 7) is 8.86. The predicted molar refractivity (Wildman–Crippen MR) is 165 cm³/mol. The second kappa shape index (κ2) is 19.3. The van der Waals surface area contributed by atoms with E-state index < -0.39 is 97.0 Å². The van der Waals surface area contributed by atoms with E-state index >= 15 is 0 Å². The molecule has 45 heavy (non-hydrogen) atoms. The van der Waals surface area contributed by atoms with Crippen LogP contribution in [-0.2, 0) is 33.5 Å². The summed E-state index contributed by atoms with van der Waals surface area (Å²) in [5, 5.41) is 30.1. The van der Waals surface area contributed by atoms with Crippen LogP contribution < -0.4 is 27.0 Å². The number of hydrogen-bond donors (Lipinski definition) is 7. The lowest BCUT2D eigenvalue weighted by Gasteiger charge is -2.34. The van der Waals surface area contributed by atoms with Crippen molar-refractivity contribution in [1.82, 2.24) is 26.2 Å². The maximum atomic E-state index is 13.8. The number of aliphatic hydroxyl groups excluding tert-OH is 2. The van der Waals surface area contributed by atoms with Gasteiger partial charge >= 0.3 is 5.97 Å². The van der Waals surface area contributed by atoms with Gasteiger partial charge in [0.25, 0.3) is 0 Å². The maximum Gasteiger partial charge on any atom is 0.325 e. The first kappa shape index (κ1) is 39.7. The van der Waals surface area contributed by atoms with Crippen LogP contribution in [0.2, 0.25) is 0 Å². The lowest BCUT2D eigenvalue weighted by atomic mass is 9.95. The monoisotopic (exact) mass is 642 g/mol. The zero-order chi connectivity index (χ0) is 34.4. The number of nitrogens with zero attached hydrogens (tertiary/aromatic N) is 1. The van der Waals surface area contributed by atoms with E-state index in [1.54, 1.807) is 6.92 Å². The molecule has 1 aliphatic rings. The Kier molecular flexibility index (Phi) is 17.0. The first-order chi connectivity index (χ1) is 21.0. The molecule has 1 saturated heterocycles. The molecule has 1 fully saturated rings. The highest BCUT2D eigenvalue weighted by Crippen LogP contribution is 2.21. The number of nitrogens with two attached hydrogens (primary N) is 1. The van der Waals surface area contributed by atoms with E-state index in [2.05, 4.69) is 21.3 Å². The maximum absolute atomic E-state index is 13.8. The zero-order valence-corrected chi connectivity index (χ0v) is 27.6. The van der Waals surface area contributed by atoms with Crippen molar-refractivity contribution in [1.29, 1.82) is 0 Å². The fourth-order valence-corrected chi connectivity index (χ4v) is 4.99. The SMILES string of the molecule is CCCCCC[C@H]1OC(=O)CNC(=O)[C@H]([C@H](C)O)NC(=O)[C@H](CN)NC(=O)[C@H]([C@@H](C)O)NC(=O)[C@H](CC(C)C)N(C)C(=O)[C@@H]1C. The highest BCUT2D eigenvalue weighted by molar-refractivity contribution is 5.96. The lowest BCUT2D eigenvalue weighted by Crippen LogP contribution is -2.63. The van der Waals surface area contributed by atoms with Crippen molar-refractivity contribution in [3.8, 4) is 0 Å². The minimum atomic E-state index is -1.53. The molecule has 0 aromatic carbocycles. The normalized spacial score (nSPS) is 28.1. The Hall–Kier alpha value is -3.30. The molecule has 0 spiro atoms. The van der Waals surface area contributed by atoms with Gasteiger partial charge in [0.1, 0.15) is 36.8 Å². The molecule has 8 atom stereocenters. The average Bonchev–Trinajstić information content (AvgIpc) is 2.97. The number of cyclic esters (lactones) is 1. The minimum Gasteiger partial charge on any atom is -0.460 e. The molecule has 15 nitrogen and oxygen atoms in total. The van der Waals surface area contributed by atoms with E-state index in [-0.39, 0.29) is 12.3 Å². The van der Waals surface area contributed by atoms with Crippen LogP contribution in [0.1, 0.15) is 80.1 Å². The Morgan fingerprint density at radius 2 is 1.44 bits per heavy atom. The van der Waals surface area contributed by atoms with Crippen molar-refractivity contribution in [2.75, 3.05) is 20.1 Å². The number of ether oxygens (including phenoxy) is 1. The number of rotatable bonds is 10. The second-order valence-corrected chi connectivity index (χ2v) is 12.2. The quantitative estimate of drug-likeness (QED) is 0.110. The fourth-order valence-electron chi connectivity index (χ4n) is 4.99. The summed E-state index contributed by atoms with van der Waals surface area (Å²) in [7, 11) is 1.45. The van der Waals surface area contributed by atoms with Gasteiger partial charge in [-0.05, 0) is 39.0 Å². The van der Waals surface area contributed by atoms with Gasteiger partial charge in [-0.1, -0.05) is 47.0 Å². The zero-order valence-electron chi connectivity index (χ0n) is 27.6. The number of esters is 1. The Morgan fingerprint density at radius 1 is 0.867 bits per heavy atom. The van der Waals surface area contributed by atoms with Crippen LogP contribution in [0.25, 0.3) is 0 Å². The Balaban J connectivity index is 3.58. The molecule has 0 aromatic rings. The molecule has 8 N–H and O–H groups in total. The molecule has 1 aliphatic heterocycles. The first-order valence-corrected chi connectivity index (χ1v) is 15.8. The molecular formula is C30H54N6O9. The van der Waals surface area contributed by atoms with Gasteiger partial charge in [0.15, 0.2) is 0 Å². The average molecular weight is 643 g/mol. The molecule has 0 aromatic heterocycles. The summed E-state index contributed by atoms with van der Waals surface area (Å²) in [6, 6.07) is -5.52. The number of aliphatic hydroxyl groups is 2. The van der Waals surface area contributed by atoms with E-state index in [0.29, 0.717) is 12.8 Å². The summed E-state index contributed by atoms with van der Waals surface area (Å²) >= 11 is 0. The summed E-state index contributed by atoms with van der Waals surface area (Å²) < 4.78 is 5.68. The number of likely N-dealkylation sites (N-methyl/N-ethyl adjacent to an activating group) is 1. The van der Waals surface area contributed by atoms with Crippen molar-refractivity contribution >= 4 is 35.5 Å². The highest BCUT2D eigenvalue weighted by atomic mass is 16.5. The summed E-state index contributed by atoms with van der Waals surface area (Å²) in [6.07, 6.45) is 0.317. The number of hydrogen-bond acceptors (Lipinski definition) is 10. The number of amides is 5. The fraction of sp³-hybridized carbons (Fsp3) is 0.800. The molecule has 5 amide bonds. The van der Waals surface area contributed by atoms with E-state index in [4.69, 9.17) is 10.5 Å². The predicted octanol–water partition coefficient (Wildman–Crippen LogP) is -1.32. The molecule has 0 aliphatic carbocycles. The van der Waals surface area contributed by atoms with Gasteiger partial charge in [-0.15, -0.1) is 0 Å². The summed E-state index contributed by atoms with van der Waals surface area (Å²) in [5.74, 6) is -5.69. The van der Waals surface area contributed by atoms with Gasteiger partial charge in [-0.25, -0.2) is 0 Å². The van der Waals surface area contributed by atoms with Gasteiger partial charge in [0, 0.05) is 13.6 Å². The molecule has 258 valence electrons. The van der Waals surface area contributed by atoms with E-state index in [1.165, 1.54) is 25.8 Å². The molecular weight excluding hydrogens is 588 g/mol. The van der Waals surface area contributed by atoms with Gasteiger partial charge in [-0.3, -0.25) is 28.8 Å². The number of unbranched alkanes of at least 4 members (excludes halogenated alkanes) is 3. The van der Waals surface area contributed by atoms with Crippen molar-refractivity contribution in [3.63, 3.8) is 0 Å². The van der Waals surface area contributed by atoms with Crippen molar-refractivity contribution in [2.24, 2.45) is 17.6 Å². The van der Waals surface area contributed by atoms with Gasteiger partial charge in [-0.2, -0.15) is 0 Å². The number of nitrogens with one attached hydrogen (secondary N) is 4. The smallest absolute Gasteiger partial charge is 0.325 e. The van der Waals surface area contributed by atoms with E-state index in [9.17, 15) is 39.0 Å². The van der Waals surface area contributed by atoms with Crippen molar-refractivity contribution in [2.45, 2.75) is 123 Å². The van der Waals surface area contributed by atoms with Crippen LogP contribution in [0, 0.1) is 11.8 Å². The second-order valence-electron chi connectivity index (χ2n) is 12.2. The molecule has 15 heteroatoms. The Labute approximate surface area is 265 Å². The Bertz CT molecular complexity index is 1020. The first-order valence-electron chi connectivity index (χ1n) is 15.8. The minimum absolute atomic E-state index is 0.0507. The van der Waals surface area contributed by atoms with Crippen LogP contribution in [0.15, 0.2) is 0 Å². The van der Waals surface area contributed by atoms with E-state index in [1.807, 2.05) is 20.8 Å². The van der Waals surface area contributed by atoms with Crippen LogP contribution in [0.4, 0.5) is 0 Å². The highest BCUT2D eigenvalue weighted by Gasteiger charge is 2.38. The third-order valence-electron chi connectivity index (χ3n) is 7.79. The third-order valence-corrected chi connectivity index (χ3v) is 7.79. The molecule has 1 heterocycles. The standard InChI is InChI=1S/C30H54N6O9/c1-8-9-10-11-12-22-17(4)30(44)36(7)21(13-16(2)3)27(41)35-25(19(6)38)29(43)33-20(14-31)26(40)34-24(18(5)37)28(42)32-15-23(39)45-22/h16-22,24-25,37-38H,8-15,31H2,1-7H3,(H,32,42)(H,33,43)(H,34,40)(H,35,41)/t17-,18+,19-,20+,21+,22-,24+,25+/m1/s1. The summed E-state index contributed by atoms with van der Waals surface area (Å²) in [5.41, 5.74) is 5.71. The third kappa shape index (κ3) is 12.5. The van der Waals surface area contributed by atoms with Gasteiger partial charge in [0.2, 0.25) is 29.5 Å². The molecule has 1 rings (SSSR count). The molecule has 0 unspecified atom stereocenters. The summed E-state index contributed by atoms with van der Waals surface area (Å²) in [4.78, 5) is 80.6. The van der Waals surface area contributed by atoms with Crippen LogP contribution in [-0.4, -0.2) is 113 Å². The van der Waals surface area contributed by atoms with E-state index in [0.717, 1.165) is 19.3 Å². The molecule has 0 radical (unpaired) electrons. The number of carbonyl (C=O) groups is 6. The van der Waals surface area contributed by atoms with Crippen molar-refractivity contribution in [3.05, 3.63) is 0 Å². The van der Waals surface area contributed by atoms with Crippen LogP contribution >= 0.6 is 0 Å². The van der Waals surface area contributed by atoms with Crippen LogP contribution in [0.3, 0.4) is 0 Å². The van der Waals surface area contributed by atoms with Crippen LogP contribution in [0.5, 0.6) is 0 Å². The van der Waals surface area contributed by atoms with Gasteiger partial charge in [0.05, 0.1) is 18.1 Å². The lowest BCUT2D eigenvalue weighted by molar-refractivity contribution is -0.157. The van der Waals surface area contributed by atoms with Crippen molar-refractivity contribution < 1.29 is 43.7 Å². The van der Waals surface area contributed by atoms with Gasteiger partial charge < -0.3 is 46.9 Å². The topological polar surface area (TPSA) is 229 Å². The number of carbonyl (C=O) groups excluding carboxylic acids is 6. The Morgan fingerprint density at radius 3 is 1.98 bits per heavy atom. The molecule has 0 bridgehead atoms.